The van der Waals surface area contributed by atoms with Crippen molar-refractivity contribution >= 4 is 29.2 Å². The Kier molecular flexibility index (Phi) is 4.55. The van der Waals surface area contributed by atoms with Gasteiger partial charge in [-0.15, -0.1) is 0 Å². The highest BCUT2D eigenvalue weighted by Gasteiger charge is 2.22. The molecule has 0 fully saturated rings. The van der Waals surface area contributed by atoms with Crippen LogP contribution in [0, 0.1) is 6.92 Å². The summed E-state index contributed by atoms with van der Waals surface area (Å²) < 4.78 is 0. The van der Waals surface area contributed by atoms with Gasteiger partial charge >= 0.3 is 5.97 Å². The van der Waals surface area contributed by atoms with Gasteiger partial charge in [0.05, 0.1) is 5.56 Å². The van der Waals surface area contributed by atoms with Crippen LogP contribution < -0.4 is 4.90 Å². The number of hydrogen-bond donors (Lipinski definition) is 1. The van der Waals surface area contributed by atoms with E-state index in [4.69, 9.17) is 16.7 Å². The molecule has 21 heavy (non-hydrogen) atoms. The van der Waals surface area contributed by atoms with Gasteiger partial charge < -0.3 is 5.11 Å². The third-order valence-electron chi connectivity index (χ3n) is 2.87. The standard InChI is InChI=1S/C15H13ClN2O3/c1-10-4-6-11(7-5-10)18(9-13(19)20)15(21)12-3-2-8-17-14(12)16/h2-8H,9H2,1H3,(H,19,20). The van der Waals surface area contributed by atoms with E-state index in [1.54, 1.807) is 18.2 Å². The molecular weight excluding hydrogens is 292 g/mol. The van der Waals surface area contributed by atoms with Crippen LogP contribution in [0.15, 0.2) is 42.6 Å². The second kappa shape index (κ2) is 6.37. The number of hydrogen-bond acceptors (Lipinski definition) is 3. The van der Waals surface area contributed by atoms with E-state index in [1.165, 1.54) is 12.3 Å². The molecule has 6 heteroatoms. The number of rotatable bonds is 4. The number of nitrogens with zero attached hydrogens (tertiary/aromatic N) is 2. The fourth-order valence-electron chi connectivity index (χ4n) is 1.83. The van der Waals surface area contributed by atoms with Crippen LogP contribution in [0.2, 0.25) is 5.15 Å². The van der Waals surface area contributed by atoms with Crippen molar-refractivity contribution in [2.24, 2.45) is 0 Å². The van der Waals surface area contributed by atoms with Gasteiger partial charge in [0, 0.05) is 11.9 Å². The number of aryl methyl sites for hydroxylation is 1. The number of carbonyl (C=O) groups excluding carboxylic acids is 1. The van der Waals surface area contributed by atoms with Crippen LogP contribution in [0.25, 0.3) is 0 Å². The number of pyridine rings is 1. The first kappa shape index (κ1) is 15.0. The zero-order valence-electron chi connectivity index (χ0n) is 11.3. The second-order valence-electron chi connectivity index (χ2n) is 4.46. The first-order chi connectivity index (χ1) is 9.99. The highest BCUT2D eigenvalue weighted by Crippen LogP contribution is 2.20. The van der Waals surface area contributed by atoms with Gasteiger partial charge in [0.15, 0.2) is 0 Å². The number of carboxylic acids is 1. The largest absolute Gasteiger partial charge is 0.480 e. The van der Waals surface area contributed by atoms with E-state index in [2.05, 4.69) is 4.98 Å². The number of carboxylic acid groups (broad SMARTS) is 1. The van der Waals surface area contributed by atoms with E-state index in [1.807, 2.05) is 19.1 Å². The molecule has 5 nitrogen and oxygen atoms in total. The Morgan fingerprint density at radius 2 is 1.90 bits per heavy atom. The van der Waals surface area contributed by atoms with E-state index in [0.29, 0.717) is 5.69 Å². The highest BCUT2D eigenvalue weighted by atomic mass is 35.5. The summed E-state index contributed by atoms with van der Waals surface area (Å²) in [5.74, 6) is -1.61. The summed E-state index contributed by atoms with van der Waals surface area (Å²) in [6.07, 6.45) is 1.46. The van der Waals surface area contributed by atoms with Crippen LogP contribution in [0.3, 0.4) is 0 Å². The molecule has 1 N–H and O–H groups in total. The number of benzene rings is 1. The summed E-state index contributed by atoms with van der Waals surface area (Å²) in [6, 6.07) is 10.1. The molecule has 0 saturated carbocycles. The van der Waals surface area contributed by atoms with Gasteiger partial charge in [-0.1, -0.05) is 29.3 Å². The molecule has 0 spiro atoms. The molecule has 1 heterocycles. The fraction of sp³-hybridized carbons (Fsp3) is 0.133. The molecule has 0 saturated heterocycles. The van der Waals surface area contributed by atoms with Gasteiger partial charge in [-0.25, -0.2) is 4.98 Å². The Labute approximate surface area is 126 Å². The summed E-state index contributed by atoms with van der Waals surface area (Å²) in [6.45, 7) is 1.46. The van der Waals surface area contributed by atoms with Crippen LogP contribution in [0.5, 0.6) is 0 Å². The Morgan fingerprint density at radius 3 is 2.48 bits per heavy atom. The minimum Gasteiger partial charge on any atom is -0.480 e. The summed E-state index contributed by atoms with van der Waals surface area (Å²) in [5, 5.41) is 9.07. The molecule has 0 aliphatic rings. The molecule has 1 aromatic heterocycles. The molecule has 0 atom stereocenters. The van der Waals surface area contributed by atoms with Gasteiger partial charge in [0.1, 0.15) is 11.7 Å². The molecule has 0 bridgehead atoms. The van der Waals surface area contributed by atoms with Gasteiger partial charge in [-0.05, 0) is 31.2 Å². The van der Waals surface area contributed by atoms with Crippen molar-refractivity contribution in [1.29, 1.82) is 0 Å². The van der Waals surface area contributed by atoms with Crippen LogP contribution in [-0.4, -0.2) is 28.5 Å². The van der Waals surface area contributed by atoms with Gasteiger partial charge in [0.25, 0.3) is 5.91 Å². The number of carbonyl (C=O) groups is 2. The van der Waals surface area contributed by atoms with Gasteiger partial charge in [-0.2, -0.15) is 0 Å². The van der Waals surface area contributed by atoms with E-state index in [9.17, 15) is 9.59 Å². The molecular formula is C15H13ClN2O3. The average molecular weight is 305 g/mol. The number of anilines is 1. The van der Waals surface area contributed by atoms with Crippen molar-refractivity contribution in [3.05, 3.63) is 58.9 Å². The van der Waals surface area contributed by atoms with Crippen LogP contribution in [0.4, 0.5) is 5.69 Å². The summed E-state index contributed by atoms with van der Waals surface area (Å²) >= 11 is 5.91. The maximum atomic E-state index is 12.5. The number of halogens is 1. The minimum atomic E-state index is -1.11. The molecule has 0 aliphatic heterocycles. The van der Waals surface area contributed by atoms with Crippen LogP contribution in [-0.2, 0) is 4.79 Å². The summed E-state index contributed by atoms with van der Waals surface area (Å²) in [5.41, 5.74) is 1.68. The first-order valence-electron chi connectivity index (χ1n) is 6.20. The van der Waals surface area contributed by atoms with E-state index >= 15 is 0 Å². The Hall–Kier alpha value is -2.40. The van der Waals surface area contributed by atoms with Crippen LogP contribution >= 0.6 is 11.6 Å². The topological polar surface area (TPSA) is 70.5 Å². The normalized spacial score (nSPS) is 10.2. The zero-order valence-corrected chi connectivity index (χ0v) is 12.0. The molecule has 108 valence electrons. The maximum Gasteiger partial charge on any atom is 0.323 e. The van der Waals surface area contributed by atoms with E-state index < -0.39 is 18.4 Å². The third-order valence-corrected chi connectivity index (χ3v) is 3.17. The molecule has 0 aliphatic carbocycles. The molecule has 1 aromatic carbocycles. The molecule has 1 amide bonds. The Balaban J connectivity index is 2.40. The van der Waals surface area contributed by atoms with Crippen molar-refractivity contribution in [3.8, 4) is 0 Å². The third kappa shape index (κ3) is 3.58. The SMILES string of the molecule is Cc1ccc(N(CC(=O)O)C(=O)c2cccnc2Cl)cc1. The van der Waals surface area contributed by atoms with E-state index in [0.717, 1.165) is 10.5 Å². The highest BCUT2D eigenvalue weighted by molar-refractivity contribution is 6.33. The lowest BCUT2D eigenvalue weighted by Crippen LogP contribution is -2.36. The van der Waals surface area contributed by atoms with Crippen molar-refractivity contribution in [2.75, 3.05) is 11.4 Å². The lowest BCUT2D eigenvalue weighted by molar-refractivity contribution is -0.135. The second-order valence-corrected chi connectivity index (χ2v) is 4.82. The van der Waals surface area contributed by atoms with Gasteiger partial charge in [-0.3, -0.25) is 14.5 Å². The van der Waals surface area contributed by atoms with Crippen molar-refractivity contribution in [3.63, 3.8) is 0 Å². The Bertz CT molecular complexity index is 671. The molecule has 2 aromatic rings. The zero-order chi connectivity index (χ0) is 15.4. The number of aromatic nitrogens is 1. The molecule has 2 rings (SSSR count). The average Bonchev–Trinajstić information content (AvgIpc) is 2.45. The lowest BCUT2D eigenvalue weighted by atomic mass is 10.2. The van der Waals surface area contributed by atoms with Crippen molar-refractivity contribution in [2.45, 2.75) is 6.92 Å². The number of amides is 1. The monoisotopic (exact) mass is 304 g/mol. The lowest BCUT2D eigenvalue weighted by Gasteiger charge is -2.21. The molecule has 0 unspecified atom stereocenters. The minimum absolute atomic E-state index is 0.0463. The number of aliphatic carboxylic acids is 1. The quantitative estimate of drug-likeness (QED) is 0.882. The van der Waals surface area contributed by atoms with Crippen molar-refractivity contribution in [1.82, 2.24) is 4.98 Å². The summed E-state index contributed by atoms with van der Waals surface area (Å²) in [4.78, 5) is 28.6. The van der Waals surface area contributed by atoms with Gasteiger partial charge in [0.2, 0.25) is 0 Å². The first-order valence-corrected chi connectivity index (χ1v) is 6.57. The smallest absolute Gasteiger partial charge is 0.323 e. The molecule has 0 radical (unpaired) electrons. The van der Waals surface area contributed by atoms with Crippen LogP contribution in [0.1, 0.15) is 15.9 Å². The maximum absolute atomic E-state index is 12.5. The van der Waals surface area contributed by atoms with E-state index in [-0.39, 0.29) is 10.7 Å². The fourth-order valence-corrected chi connectivity index (χ4v) is 2.03. The Morgan fingerprint density at radius 1 is 1.24 bits per heavy atom. The summed E-state index contributed by atoms with van der Waals surface area (Å²) in [7, 11) is 0. The van der Waals surface area contributed by atoms with Crippen molar-refractivity contribution < 1.29 is 14.7 Å². The predicted octanol–water partition coefficient (Wildman–Crippen LogP) is 2.77. The predicted molar refractivity (Wildman–Crippen MR) is 79.7 cm³/mol.